The largest absolute Gasteiger partial charge is 0.478 e. The molecule has 5 aliphatic rings. The van der Waals surface area contributed by atoms with Gasteiger partial charge in [-0.15, -0.1) is 0 Å². The van der Waals surface area contributed by atoms with Gasteiger partial charge in [0.25, 0.3) is 0 Å². The predicted octanol–water partition coefficient (Wildman–Crippen LogP) is 6.01. The van der Waals surface area contributed by atoms with Gasteiger partial charge in [0.2, 0.25) is 0 Å². The second-order valence-electron chi connectivity index (χ2n) is 11.8. The van der Waals surface area contributed by atoms with Crippen molar-refractivity contribution in [1.82, 2.24) is 5.16 Å². The van der Waals surface area contributed by atoms with Crippen molar-refractivity contribution in [2.75, 3.05) is 11.4 Å². The van der Waals surface area contributed by atoms with Gasteiger partial charge in [-0.3, -0.25) is 0 Å². The summed E-state index contributed by atoms with van der Waals surface area (Å²) in [5.41, 5.74) is 3.53. The second kappa shape index (κ2) is 8.05. The van der Waals surface area contributed by atoms with Crippen molar-refractivity contribution in [2.24, 2.45) is 11.3 Å². The SMILES string of the molecule is O=C(O)c1ccc(N2C[C@@H]3C[C@H]2C[C@H]3OCc2c(C3CCC4(CC3)CC4)noc2C2CC2)c(F)c1. The summed E-state index contributed by atoms with van der Waals surface area (Å²) in [4.78, 5) is 13.2. The molecule has 7 rings (SSSR count). The summed E-state index contributed by atoms with van der Waals surface area (Å²) in [7, 11) is 0. The molecule has 1 aromatic carbocycles. The number of aromatic carboxylic acids is 1. The van der Waals surface area contributed by atoms with Crippen LogP contribution in [-0.2, 0) is 11.3 Å². The number of carboxylic acids is 1. The molecule has 7 heteroatoms. The minimum atomic E-state index is -1.11. The highest BCUT2D eigenvalue weighted by molar-refractivity contribution is 5.88. The molecular weight excluding hydrogens is 447 g/mol. The van der Waals surface area contributed by atoms with Crippen molar-refractivity contribution >= 4 is 11.7 Å². The summed E-state index contributed by atoms with van der Waals surface area (Å²) in [5, 5.41) is 13.7. The summed E-state index contributed by atoms with van der Waals surface area (Å²) >= 11 is 0. The molecule has 2 aromatic rings. The molecule has 2 heterocycles. The maximum Gasteiger partial charge on any atom is 0.335 e. The van der Waals surface area contributed by atoms with Gasteiger partial charge >= 0.3 is 5.97 Å². The molecule has 2 bridgehead atoms. The van der Waals surface area contributed by atoms with Gasteiger partial charge in [-0.2, -0.15) is 0 Å². The number of carboxylic acid groups (broad SMARTS) is 1. The van der Waals surface area contributed by atoms with E-state index in [0.29, 0.717) is 35.5 Å². The van der Waals surface area contributed by atoms with E-state index in [2.05, 4.69) is 10.1 Å². The first-order valence-corrected chi connectivity index (χ1v) is 13.4. The molecule has 3 atom stereocenters. The van der Waals surface area contributed by atoms with Crippen molar-refractivity contribution in [1.29, 1.82) is 0 Å². The lowest BCUT2D eigenvalue weighted by Crippen LogP contribution is -2.39. The zero-order valence-electron chi connectivity index (χ0n) is 20.0. The zero-order chi connectivity index (χ0) is 23.7. The fourth-order valence-corrected chi connectivity index (χ4v) is 7.12. The van der Waals surface area contributed by atoms with Gasteiger partial charge in [-0.1, -0.05) is 5.16 Å². The minimum absolute atomic E-state index is 0.0157. The summed E-state index contributed by atoms with van der Waals surface area (Å²) < 4.78 is 27.1. The molecule has 186 valence electrons. The molecular formula is C28H33FN2O4. The van der Waals surface area contributed by atoms with Crippen molar-refractivity contribution in [3.05, 3.63) is 46.6 Å². The van der Waals surface area contributed by atoms with Crippen LogP contribution in [0.2, 0.25) is 0 Å². The number of fused-ring (bicyclic) bond motifs is 2. The van der Waals surface area contributed by atoms with Crippen molar-refractivity contribution in [2.45, 2.75) is 94.8 Å². The summed E-state index contributed by atoms with van der Waals surface area (Å²) in [5.74, 6) is 0.876. The number of aromatic nitrogens is 1. The number of ether oxygens (including phenoxy) is 1. The molecule has 4 aliphatic carbocycles. The fourth-order valence-electron chi connectivity index (χ4n) is 7.12. The molecule has 1 aromatic heterocycles. The van der Waals surface area contributed by atoms with E-state index in [0.717, 1.165) is 36.9 Å². The van der Waals surface area contributed by atoms with Gasteiger partial charge in [-0.05, 0) is 87.8 Å². The molecule has 0 amide bonds. The molecule has 0 radical (unpaired) electrons. The molecule has 1 spiro atoms. The van der Waals surface area contributed by atoms with Crippen LogP contribution in [0.1, 0.15) is 103 Å². The van der Waals surface area contributed by atoms with Crippen LogP contribution in [0.25, 0.3) is 0 Å². The number of hydrogen-bond donors (Lipinski definition) is 1. The lowest BCUT2D eigenvalue weighted by molar-refractivity contribution is 0.0115. The van der Waals surface area contributed by atoms with Gasteiger partial charge in [0.1, 0.15) is 11.6 Å². The number of piperidine rings is 1. The van der Waals surface area contributed by atoms with Gasteiger partial charge in [0, 0.05) is 35.9 Å². The normalized spacial score (nSPS) is 29.3. The predicted molar refractivity (Wildman–Crippen MR) is 127 cm³/mol. The van der Waals surface area contributed by atoms with Crippen LogP contribution >= 0.6 is 0 Å². The quantitative estimate of drug-likeness (QED) is 0.523. The molecule has 1 aliphatic heterocycles. The Labute approximate surface area is 204 Å². The first kappa shape index (κ1) is 21.8. The fraction of sp³-hybridized carbons (Fsp3) is 0.643. The molecule has 1 N–H and O–H groups in total. The third-order valence-corrected chi connectivity index (χ3v) is 9.61. The average molecular weight is 481 g/mol. The van der Waals surface area contributed by atoms with Gasteiger partial charge in [-0.25, -0.2) is 9.18 Å². The zero-order valence-corrected chi connectivity index (χ0v) is 20.0. The third kappa shape index (κ3) is 3.87. The highest BCUT2D eigenvalue weighted by atomic mass is 19.1. The van der Waals surface area contributed by atoms with E-state index in [1.165, 1.54) is 63.0 Å². The van der Waals surface area contributed by atoms with Crippen LogP contribution in [0, 0.1) is 17.2 Å². The monoisotopic (exact) mass is 480 g/mol. The Balaban J connectivity index is 1.02. The van der Waals surface area contributed by atoms with Crippen LogP contribution in [-0.4, -0.2) is 34.9 Å². The van der Waals surface area contributed by atoms with E-state index in [1.807, 2.05) is 0 Å². The first-order valence-electron chi connectivity index (χ1n) is 13.4. The Morgan fingerprint density at radius 1 is 1.14 bits per heavy atom. The molecule has 6 nitrogen and oxygen atoms in total. The smallest absolute Gasteiger partial charge is 0.335 e. The Kier molecular flexibility index (Phi) is 5.02. The Morgan fingerprint density at radius 3 is 2.57 bits per heavy atom. The molecule has 1 saturated heterocycles. The van der Waals surface area contributed by atoms with E-state index in [1.54, 1.807) is 6.07 Å². The van der Waals surface area contributed by atoms with E-state index in [9.17, 15) is 9.18 Å². The van der Waals surface area contributed by atoms with Crippen molar-refractivity contribution in [3.8, 4) is 0 Å². The summed E-state index contributed by atoms with van der Waals surface area (Å²) in [6.07, 6.45) is 12.3. The third-order valence-electron chi connectivity index (χ3n) is 9.61. The minimum Gasteiger partial charge on any atom is -0.478 e. The van der Waals surface area contributed by atoms with E-state index >= 15 is 0 Å². The lowest BCUT2D eigenvalue weighted by atomic mass is 9.77. The Hall–Kier alpha value is -2.41. The number of anilines is 1. The first-order chi connectivity index (χ1) is 17.0. The lowest BCUT2D eigenvalue weighted by Gasteiger charge is -2.33. The van der Waals surface area contributed by atoms with Gasteiger partial charge in [0.05, 0.1) is 29.7 Å². The maximum absolute atomic E-state index is 14.7. The molecule has 4 saturated carbocycles. The number of carbonyl (C=O) groups is 1. The van der Waals surface area contributed by atoms with Crippen LogP contribution in [0.3, 0.4) is 0 Å². The number of rotatable bonds is 7. The number of halogens is 1. The van der Waals surface area contributed by atoms with Crippen LogP contribution < -0.4 is 4.90 Å². The molecule has 0 unspecified atom stereocenters. The molecule has 5 fully saturated rings. The Morgan fingerprint density at radius 2 is 1.94 bits per heavy atom. The van der Waals surface area contributed by atoms with Crippen LogP contribution in [0.4, 0.5) is 10.1 Å². The van der Waals surface area contributed by atoms with Crippen molar-refractivity contribution < 1.29 is 23.6 Å². The number of nitrogens with zero attached hydrogens (tertiary/aromatic N) is 2. The topological polar surface area (TPSA) is 75.8 Å². The number of benzene rings is 1. The van der Waals surface area contributed by atoms with E-state index in [4.69, 9.17) is 14.4 Å². The standard InChI is InChI=1S/C28H33FN2O4/c29-22-12-18(27(32)33)3-4-23(22)31-14-19-11-20(31)13-24(19)34-15-21-25(30-35-26(21)17-1-2-17)16-5-7-28(8-6-16)9-10-28/h3-4,12,16-17,19-20,24H,1-2,5-11,13-15H2,(H,32,33)/t19-,20-,24+/m0/s1. The highest BCUT2D eigenvalue weighted by Gasteiger charge is 2.48. The maximum atomic E-state index is 14.7. The highest BCUT2D eigenvalue weighted by Crippen LogP contribution is 2.59. The van der Waals surface area contributed by atoms with Gasteiger partial charge < -0.3 is 19.3 Å². The van der Waals surface area contributed by atoms with Crippen molar-refractivity contribution in [3.63, 3.8) is 0 Å². The van der Waals surface area contributed by atoms with Crippen LogP contribution in [0.5, 0.6) is 0 Å². The number of hydrogen-bond acceptors (Lipinski definition) is 5. The van der Waals surface area contributed by atoms with E-state index in [-0.39, 0.29) is 17.7 Å². The summed E-state index contributed by atoms with van der Waals surface area (Å²) in [6, 6.07) is 4.45. The van der Waals surface area contributed by atoms with Crippen LogP contribution in [0.15, 0.2) is 22.7 Å². The Bertz CT molecular complexity index is 1140. The second-order valence-corrected chi connectivity index (χ2v) is 11.8. The van der Waals surface area contributed by atoms with Gasteiger partial charge in [0.15, 0.2) is 0 Å². The average Bonchev–Trinajstić information content (AvgIpc) is 3.71. The summed E-state index contributed by atoms with van der Waals surface area (Å²) in [6.45, 7) is 1.32. The molecule has 35 heavy (non-hydrogen) atoms. The van der Waals surface area contributed by atoms with E-state index < -0.39 is 11.8 Å².